The molecule has 0 aromatic heterocycles. The van der Waals surface area contributed by atoms with E-state index in [0.29, 0.717) is 45.8 Å². The van der Waals surface area contributed by atoms with Crippen molar-refractivity contribution in [2.24, 2.45) is 5.73 Å². The maximum Gasteiger partial charge on any atom is 0.409 e. The van der Waals surface area contributed by atoms with E-state index in [1.54, 1.807) is 16.7 Å². The lowest BCUT2D eigenvalue weighted by atomic mass is 10.3. The Bertz CT molecular complexity index is 224. The van der Waals surface area contributed by atoms with Gasteiger partial charge >= 0.3 is 6.09 Å². The normalized spacial score (nSPS) is 16.1. The second-order valence-electron chi connectivity index (χ2n) is 3.61. The topological polar surface area (TPSA) is 75.9 Å². The molecule has 6 nitrogen and oxygen atoms in total. The van der Waals surface area contributed by atoms with E-state index in [0.717, 1.165) is 0 Å². The summed E-state index contributed by atoms with van der Waals surface area (Å²) in [5.41, 5.74) is 5.32. The summed E-state index contributed by atoms with van der Waals surface area (Å²) in [4.78, 5) is 26.3. The molecule has 0 saturated carbocycles. The third-order valence-electron chi connectivity index (χ3n) is 2.52. The third-order valence-corrected chi connectivity index (χ3v) is 2.52. The van der Waals surface area contributed by atoms with Crippen molar-refractivity contribution in [1.82, 2.24) is 9.80 Å². The minimum atomic E-state index is -0.298. The molecule has 0 radical (unpaired) electrons. The molecule has 1 saturated heterocycles. The summed E-state index contributed by atoms with van der Waals surface area (Å²) in [6, 6.07) is 0. The summed E-state index contributed by atoms with van der Waals surface area (Å²) >= 11 is 0. The van der Waals surface area contributed by atoms with Crippen LogP contribution in [0, 0.1) is 0 Å². The van der Waals surface area contributed by atoms with Gasteiger partial charge in [0.25, 0.3) is 0 Å². The summed E-state index contributed by atoms with van der Waals surface area (Å²) in [6.45, 7) is 4.74. The number of ether oxygens (including phenoxy) is 1. The van der Waals surface area contributed by atoms with Gasteiger partial charge in [-0.2, -0.15) is 0 Å². The van der Waals surface area contributed by atoms with Crippen molar-refractivity contribution >= 4 is 12.0 Å². The first-order valence-corrected chi connectivity index (χ1v) is 5.58. The van der Waals surface area contributed by atoms with Gasteiger partial charge in [-0.15, -0.1) is 0 Å². The average Bonchev–Trinajstić information content (AvgIpc) is 2.30. The zero-order valence-electron chi connectivity index (χ0n) is 9.65. The number of amides is 2. The van der Waals surface area contributed by atoms with Crippen molar-refractivity contribution in [1.29, 1.82) is 0 Å². The predicted molar refractivity (Wildman–Crippen MR) is 58.8 cm³/mol. The Morgan fingerprint density at radius 1 is 1.19 bits per heavy atom. The van der Waals surface area contributed by atoms with E-state index in [9.17, 15) is 9.59 Å². The van der Waals surface area contributed by atoms with Gasteiger partial charge in [-0.1, -0.05) is 0 Å². The van der Waals surface area contributed by atoms with Gasteiger partial charge in [-0.3, -0.25) is 4.79 Å². The van der Waals surface area contributed by atoms with Crippen molar-refractivity contribution in [3.8, 4) is 0 Å². The van der Waals surface area contributed by atoms with Gasteiger partial charge in [-0.05, 0) is 6.92 Å². The number of hydrogen-bond donors (Lipinski definition) is 1. The van der Waals surface area contributed by atoms with E-state index in [4.69, 9.17) is 10.5 Å². The first-order valence-electron chi connectivity index (χ1n) is 5.58. The van der Waals surface area contributed by atoms with Crippen LogP contribution >= 0.6 is 0 Å². The summed E-state index contributed by atoms with van der Waals surface area (Å²) in [7, 11) is 0. The van der Waals surface area contributed by atoms with E-state index in [-0.39, 0.29) is 12.0 Å². The van der Waals surface area contributed by atoms with Gasteiger partial charge in [0.1, 0.15) is 0 Å². The molecule has 2 amide bonds. The molecule has 1 aliphatic rings. The molecule has 2 N–H and O–H groups in total. The molecular formula is C10H19N3O3. The monoisotopic (exact) mass is 229 g/mol. The van der Waals surface area contributed by atoms with Gasteiger partial charge in [0.2, 0.25) is 5.91 Å². The highest BCUT2D eigenvalue weighted by molar-refractivity contribution is 5.77. The minimum Gasteiger partial charge on any atom is -0.450 e. The lowest BCUT2D eigenvalue weighted by Crippen LogP contribution is -2.51. The van der Waals surface area contributed by atoms with Gasteiger partial charge in [0, 0.05) is 39.1 Å². The van der Waals surface area contributed by atoms with E-state index in [1.165, 1.54) is 0 Å². The molecule has 0 atom stereocenters. The van der Waals surface area contributed by atoms with Crippen LogP contribution in [0.4, 0.5) is 4.79 Å². The zero-order chi connectivity index (χ0) is 12.0. The van der Waals surface area contributed by atoms with Crippen molar-refractivity contribution in [2.75, 3.05) is 39.3 Å². The second-order valence-corrected chi connectivity index (χ2v) is 3.61. The van der Waals surface area contributed by atoms with Crippen molar-refractivity contribution in [2.45, 2.75) is 13.3 Å². The van der Waals surface area contributed by atoms with Crippen LogP contribution in [0.1, 0.15) is 13.3 Å². The molecule has 0 bridgehead atoms. The van der Waals surface area contributed by atoms with Gasteiger partial charge in [0.05, 0.1) is 6.61 Å². The minimum absolute atomic E-state index is 0.0611. The van der Waals surface area contributed by atoms with E-state index >= 15 is 0 Å². The largest absolute Gasteiger partial charge is 0.450 e. The zero-order valence-corrected chi connectivity index (χ0v) is 9.65. The highest BCUT2D eigenvalue weighted by Gasteiger charge is 2.24. The number of nitrogens with two attached hydrogens (primary N) is 1. The van der Waals surface area contributed by atoms with Crippen LogP contribution in [0.5, 0.6) is 0 Å². The SMILES string of the molecule is CCOC(=O)N1CCN(C(=O)CCN)CC1. The third kappa shape index (κ3) is 3.37. The first kappa shape index (κ1) is 12.8. The summed E-state index contributed by atoms with van der Waals surface area (Å²) in [6.07, 6.45) is 0.0767. The molecule has 0 unspecified atom stereocenters. The van der Waals surface area contributed by atoms with Crippen molar-refractivity contribution < 1.29 is 14.3 Å². The Morgan fingerprint density at radius 3 is 2.25 bits per heavy atom. The van der Waals surface area contributed by atoms with Crippen molar-refractivity contribution in [3.05, 3.63) is 0 Å². The first-order chi connectivity index (χ1) is 7.69. The lowest BCUT2D eigenvalue weighted by Gasteiger charge is -2.34. The maximum atomic E-state index is 11.5. The molecule has 6 heteroatoms. The molecule has 1 aliphatic heterocycles. The Hall–Kier alpha value is -1.30. The van der Waals surface area contributed by atoms with Gasteiger partial charge < -0.3 is 20.3 Å². The van der Waals surface area contributed by atoms with Crippen LogP contribution in [0.2, 0.25) is 0 Å². The number of rotatable bonds is 3. The van der Waals surface area contributed by atoms with E-state index in [2.05, 4.69) is 0 Å². The highest BCUT2D eigenvalue weighted by atomic mass is 16.6. The van der Waals surface area contributed by atoms with Crippen LogP contribution in [0.25, 0.3) is 0 Å². The molecule has 0 aliphatic carbocycles. The van der Waals surface area contributed by atoms with Crippen LogP contribution in [0.3, 0.4) is 0 Å². The Labute approximate surface area is 95.3 Å². The Morgan fingerprint density at radius 2 is 1.75 bits per heavy atom. The molecular weight excluding hydrogens is 210 g/mol. The molecule has 1 heterocycles. The predicted octanol–water partition coefficient (Wildman–Crippen LogP) is -0.364. The average molecular weight is 229 g/mol. The van der Waals surface area contributed by atoms with Crippen LogP contribution in [0.15, 0.2) is 0 Å². The number of piperazine rings is 1. The molecule has 1 fully saturated rings. The van der Waals surface area contributed by atoms with Crippen LogP contribution in [-0.2, 0) is 9.53 Å². The van der Waals surface area contributed by atoms with Crippen molar-refractivity contribution in [3.63, 3.8) is 0 Å². The fraction of sp³-hybridized carbons (Fsp3) is 0.800. The molecule has 0 aromatic rings. The fourth-order valence-corrected chi connectivity index (χ4v) is 1.63. The second kappa shape index (κ2) is 6.32. The van der Waals surface area contributed by atoms with E-state index < -0.39 is 0 Å². The smallest absolute Gasteiger partial charge is 0.409 e. The molecule has 1 rings (SSSR count). The summed E-state index contributed by atoms with van der Waals surface area (Å²) in [5, 5.41) is 0. The molecule has 16 heavy (non-hydrogen) atoms. The van der Waals surface area contributed by atoms with Gasteiger partial charge in [-0.25, -0.2) is 4.79 Å². The number of carbonyl (C=O) groups is 2. The van der Waals surface area contributed by atoms with Crippen LogP contribution < -0.4 is 5.73 Å². The van der Waals surface area contributed by atoms with Gasteiger partial charge in [0.15, 0.2) is 0 Å². The standard InChI is InChI=1S/C10H19N3O3/c1-2-16-10(15)13-7-5-12(6-8-13)9(14)3-4-11/h2-8,11H2,1H3. The fourth-order valence-electron chi connectivity index (χ4n) is 1.63. The van der Waals surface area contributed by atoms with E-state index in [1.807, 2.05) is 0 Å². The molecule has 0 spiro atoms. The van der Waals surface area contributed by atoms with Crippen LogP contribution in [-0.4, -0.2) is 61.1 Å². The number of nitrogens with zero attached hydrogens (tertiary/aromatic N) is 2. The number of hydrogen-bond acceptors (Lipinski definition) is 4. The highest BCUT2D eigenvalue weighted by Crippen LogP contribution is 2.05. The quantitative estimate of drug-likeness (QED) is 0.716. The Balaban J connectivity index is 2.33. The maximum absolute atomic E-state index is 11.5. The summed E-state index contributed by atoms with van der Waals surface area (Å²) < 4.78 is 4.89. The molecule has 92 valence electrons. The summed E-state index contributed by atoms with van der Waals surface area (Å²) in [5.74, 6) is 0.0611. The number of carbonyl (C=O) groups excluding carboxylic acids is 2. The molecule has 0 aromatic carbocycles. The Kier molecular flexibility index (Phi) is 5.04. The lowest BCUT2D eigenvalue weighted by molar-refractivity contribution is -0.132.